The van der Waals surface area contributed by atoms with E-state index in [2.05, 4.69) is 15.5 Å². The summed E-state index contributed by atoms with van der Waals surface area (Å²) in [7, 11) is 1.63. The van der Waals surface area contributed by atoms with Crippen LogP contribution >= 0.6 is 0 Å². The van der Waals surface area contributed by atoms with Gasteiger partial charge in [-0.1, -0.05) is 12.1 Å². The summed E-state index contributed by atoms with van der Waals surface area (Å²) in [6, 6.07) is 4.73. The molecule has 0 unspecified atom stereocenters. The highest BCUT2D eigenvalue weighted by molar-refractivity contribution is 5.69. The quantitative estimate of drug-likeness (QED) is 0.658. The van der Waals surface area contributed by atoms with Gasteiger partial charge in [0.25, 0.3) is 11.6 Å². The maximum atomic E-state index is 10.9. The third kappa shape index (κ3) is 2.15. The van der Waals surface area contributed by atoms with E-state index in [4.69, 9.17) is 4.52 Å². The molecule has 0 fully saturated rings. The molecule has 0 aliphatic heterocycles. The van der Waals surface area contributed by atoms with Gasteiger partial charge in [-0.2, -0.15) is 4.98 Å². The zero-order chi connectivity index (χ0) is 13.1. The van der Waals surface area contributed by atoms with E-state index >= 15 is 0 Å². The Balaban J connectivity index is 2.46. The number of benzene rings is 1. The van der Waals surface area contributed by atoms with Crippen molar-refractivity contribution in [1.82, 2.24) is 10.1 Å². The number of aryl methyl sites for hydroxylation is 1. The largest absolute Gasteiger partial charge is 0.383 e. The molecule has 0 aliphatic rings. The first-order chi connectivity index (χ1) is 8.65. The lowest BCUT2D eigenvalue weighted by molar-refractivity contribution is -0.383. The average Bonchev–Trinajstić information content (AvgIpc) is 2.86. The summed E-state index contributed by atoms with van der Waals surface area (Å²) in [5.41, 5.74) is 0.957. The van der Waals surface area contributed by atoms with Gasteiger partial charge in [-0.25, -0.2) is 0 Å². The third-order valence-corrected chi connectivity index (χ3v) is 2.50. The second-order valence-corrected chi connectivity index (χ2v) is 3.61. The molecule has 2 rings (SSSR count). The van der Waals surface area contributed by atoms with Crippen LogP contribution in [0.5, 0.6) is 0 Å². The van der Waals surface area contributed by atoms with Gasteiger partial charge in [0, 0.05) is 25.1 Å². The summed E-state index contributed by atoms with van der Waals surface area (Å²) >= 11 is 0. The number of nitro benzene ring substituents is 1. The van der Waals surface area contributed by atoms with E-state index < -0.39 is 4.92 Å². The molecule has 0 saturated carbocycles. The minimum atomic E-state index is -0.452. The Morgan fingerprint density at radius 1 is 1.50 bits per heavy atom. The lowest BCUT2D eigenvalue weighted by Gasteiger charge is -2.02. The lowest BCUT2D eigenvalue weighted by Crippen LogP contribution is -1.96. The van der Waals surface area contributed by atoms with E-state index in [0.29, 0.717) is 23.5 Å². The van der Waals surface area contributed by atoms with Gasteiger partial charge in [-0.15, -0.1) is 0 Å². The number of hydrogen-bond acceptors (Lipinski definition) is 6. The Bertz CT molecular complexity index is 579. The number of hydrogen-bond donors (Lipinski definition) is 1. The van der Waals surface area contributed by atoms with Crippen molar-refractivity contribution in [1.29, 1.82) is 0 Å². The van der Waals surface area contributed by atoms with Crippen molar-refractivity contribution in [3.8, 4) is 11.5 Å². The van der Waals surface area contributed by atoms with Gasteiger partial charge < -0.3 is 9.84 Å². The van der Waals surface area contributed by atoms with Crippen LogP contribution < -0.4 is 5.32 Å². The second-order valence-electron chi connectivity index (χ2n) is 3.61. The van der Waals surface area contributed by atoms with Crippen LogP contribution in [-0.4, -0.2) is 22.1 Å². The number of rotatable bonds is 4. The van der Waals surface area contributed by atoms with Crippen LogP contribution in [0.25, 0.3) is 11.5 Å². The van der Waals surface area contributed by atoms with E-state index in [1.807, 2.05) is 6.92 Å². The molecule has 7 nitrogen and oxygen atoms in total. The number of nitrogens with zero attached hydrogens (tertiary/aromatic N) is 3. The third-order valence-electron chi connectivity index (χ3n) is 2.50. The zero-order valence-corrected chi connectivity index (χ0v) is 10.0. The molecular formula is C11H12N4O3. The summed E-state index contributed by atoms with van der Waals surface area (Å²) in [5, 5.41) is 17.4. The molecule has 0 amide bonds. The molecule has 18 heavy (non-hydrogen) atoms. The van der Waals surface area contributed by atoms with Crippen LogP contribution in [0.1, 0.15) is 12.7 Å². The molecule has 0 spiro atoms. The van der Waals surface area contributed by atoms with Crippen LogP contribution in [0.2, 0.25) is 0 Å². The fraction of sp³-hybridized carbons (Fsp3) is 0.273. The molecule has 0 atom stereocenters. The highest BCUT2D eigenvalue weighted by atomic mass is 16.6. The molecule has 1 heterocycles. The molecule has 0 aliphatic carbocycles. The van der Waals surface area contributed by atoms with Crippen molar-refractivity contribution in [2.24, 2.45) is 0 Å². The van der Waals surface area contributed by atoms with Crippen molar-refractivity contribution in [3.05, 3.63) is 34.1 Å². The molecule has 7 heteroatoms. The zero-order valence-electron chi connectivity index (χ0n) is 10.0. The van der Waals surface area contributed by atoms with Gasteiger partial charge >= 0.3 is 0 Å². The molecule has 0 radical (unpaired) electrons. The number of aromatic nitrogens is 2. The second kappa shape index (κ2) is 4.82. The van der Waals surface area contributed by atoms with E-state index in [-0.39, 0.29) is 11.6 Å². The summed E-state index contributed by atoms with van der Waals surface area (Å²) in [4.78, 5) is 14.6. The Labute approximate surface area is 103 Å². The molecule has 2 aromatic rings. The van der Waals surface area contributed by atoms with Gasteiger partial charge in [0.1, 0.15) is 5.69 Å². The van der Waals surface area contributed by atoms with Gasteiger partial charge in [0.15, 0.2) is 5.82 Å². The maximum Gasteiger partial charge on any atom is 0.293 e. The maximum absolute atomic E-state index is 10.9. The Morgan fingerprint density at radius 3 is 2.83 bits per heavy atom. The number of anilines is 1. The van der Waals surface area contributed by atoms with Crippen molar-refractivity contribution in [3.63, 3.8) is 0 Å². The topological polar surface area (TPSA) is 94.1 Å². The SMILES string of the molecule is CCc1noc(-c2ccc(NC)c([N+](=O)[O-])c2)n1. The van der Waals surface area contributed by atoms with Gasteiger partial charge in [-0.05, 0) is 12.1 Å². The fourth-order valence-corrected chi connectivity index (χ4v) is 1.54. The average molecular weight is 248 g/mol. The first-order valence-electron chi connectivity index (χ1n) is 5.44. The standard InChI is InChI=1S/C11H12N4O3/c1-3-10-13-11(18-14-10)7-4-5-8(12-2)9(6-7)15(16)17/h4-6,12H,3H2,1-2H3. The van der Waals surface area contributed by atoms with Crippen LogP contribution in [-0.2, 0) is 6.42 Å². The minimum absolute atomic E-state index is 0.0220. The van der Waals surface area contributed by atoms with E-state index in [1.165, 1.54) is 6.07 Å². The molecule has 94 valence electrons. The van der Waals surface area contributed by atoms with Crippen LogP contribution in [0.3, 0.4) is 0 Å². The first kappa shape index (κ1) is 12.0. The van der Waals surface area contributed by atoms with Crippen LogP contribution in [0, 0.1) is 10.1 Å². The molecule has 1 N–H and O–H groups in total. The van der Waals surface area contributed by atoms with Gasteiger partial charge in [0.2, 0.25) is 0 Å². The van der Waals surface area contributed by atoms with E-state index in [9.17, 15) is 10.1 Å². The van der Waals surface area contributed by atoms with Crippen LogP contribution in [0.15, 0.2) is 22.7 Å². The fourth-order valence-electron chi connectivity index (χ4n) is 1.54. The predicted molar refractivity (Wildman–Crippen MR) is 65.3 cm³/mol. The molecule has 0 bridgehead atoms. The smallest absolute Gasteiger partial charge is 0.293 e. The Kier molecular flexibility index (Phi) is 3.22. The van der Waals surface area contributed by atoms with Crippen LogP contribution in [0.4, 0.5) is 11.4 Å². The molecular weight excluding hydrogens is 236 g/mol. The lowest BCUT2D eigenvalue weighted by atomic mass is 10.1. The van der Waals surface area contributed by atoms with E-state index in [0.717, 1.165) is 0 Å². The van der Waals surface area contributed by atoms with Gasteiger partial charge in [0.05, 0.1) is 4.92 Å². The number of nitrogens with one attached hydrogen (secondary N) is 1. The molecule has 1 aromatic heterocycles. The molecule has 1 aromatic carbocycles. The summed E-state index contributed by atoms with van der Waals surface area (Å²) < 4.78 is 5.05. The summed E-state index contributed by atoms with van der Waals surface area (Å²) in [6.07, 6.45) is 0.653. The monoisotopic (exact) mass is 248 g/mol. The minimum Gasteiger partial charge on any atom is -0.383 e. The first-order valence-corrected chi connectivity index (χ1v) is 5.44. The summed E-state index contributed by atoms with van der Waals surface area (Å²) in [6.45, 7) is 1.90. The predicted octanol–water partition coefficient (Wildman–Crippen LogP) is 2.25. The Hall–Kier alpha value is -2.44. The van der Waals surface area contributed by atoms with E-state index in [1.54, 1.807) is 19.2 Å². The Morgan fingerprint density at radius 2 is 2.28 bits per heavy atom. The van der Waals surface area contributed by atoms with Crippen molar-refractivity contribution in [2.45, 2.75) is 13.3 Å². The molecule has 0 saturated heterocycles. The summed E-state index contributed by atoms with van der Waals surface area (Å²) in [5.74, 6) is 0.864. The highest BCUT2D eigenvalue weighted by Crippen LogP contribution is 2.29. The van der Waals surface area contributed by atoms with Gasteiger partial charge in [-0.3, -0.25) is 10.1 Å². The van der Waals surface area contributed by atoms with Crippen molar-refractivity contribution in [2.75, 3.05) is 12.4 Å². The highest BCUT2D eigenvalue weighted by Gasteiger charge is 2.16. The number of nitro groups is 1. The van der Waals surface area contributed by atoms with Crippen molar-refractivity contribution < 1.29 is 9.45 Å². The van der Waals surface area contributed by atoms with Crippen molar-refractivity contribution >= 4 is 11.4 Å². The normalized spacial score (nSPS) is 10.3.